The maximum atomic E-state index is 12.8. The number of piperazine rings is 1. The van der Waals surface area contributed by atoms with Crippen molar-refractivity contribution >= 4 is 15.7 Å². The summed E-state index contributed by atoms with van der Waals surface area (Å²) in [4.78, 5) is 16.0. The van der Waals surface area contributed by atoms with E-state index in [1.54, 1.807) is 20.3 Å². The summed E-state index contributed by atoms with van der Waals surface area (Å²) in [6.45, 7) is 2.85. The highest BCUT2D eigenvalue weighted by Gasteiger charge is 2.37. The van der Waals surface area contributed by atoms with Crippen molar-refractivity contribution in [1.82, 2.24) is 4.90 Å². The number of amides is 1. The van der Waals surface area contributed by atoms with Gasteiger partial charge in [-0.2, -0.15) is 0 Å². The molecular formula is C19H29N2O6S+. The Morgan fingerprint density at radius 3 is 2.32 bits per heavy atom. The molecular weight excluding hydrogens is 384 g/mol. The molecule has 2 aliphatic rings. The van der Waals surface area contributed by atoms with Crippen LogP contribution in [-0.4, -0.2) is 84.3 Å². The number of hydrogen-bond acceptors (Lipinski definition) is 6. The predicted molar refractivity (Wildman–Crippen MR) is 104 cm³/mol. The molecule has 0 bridgehead atoms. The fourth-order valence-corrected chi connectivity index (χ4v) is 5.97. The lowest BCUT2D eigenvalue weighted by atomic mass is 10.1. The summed E-state index contributed by atoms with van der Waals surface area (Å²) in [6.07, 6.45) is 0.950. The van der Waals surface area contributed by atoms with Gasteiger partial charge in [0, 0.05) is 12.0 Å². The average Bonchev–Trinajstić information content (AvgIpc) is 3.07. The monoisotopic (exact) mass is 413 g/mol. The van der Waals surface area contributed by atoms with Gasteiger partial charge in [0.25, 0.3) is 0 Å². The summed E-state index contributed by atoms with van der Waals surface area (Å²) < 4.78 is 39.6. The lowest BCUT2D eigenvalue weighted by Gasteiger charge is -2.35. The Hall–Kier alpha value is -2.00. The summed E-state index contributed by atoms with van der Waals surface area (Å²) in [5, 5.41) is 0. The van der Waals surface area contributed by atoms with Crippen LogP contribution in [0.1, 0.15) is 12.0 Å². The number of benzene rings is 1. The molecule has 0 spiro atoms. The van der Waals surface area contributed by atoms with Crippen LogP contribution in [0.25, 0.3) is 0 Å². The van der Waals surface area contributed by atoms with E-state index in [1.165, 1.54) is 12.0 Å². The van der Waals surface area contributed by atoms with Crippen LogP contribution in [0.15, 0.2) is 12.1 Å². The zero-order valence-corrected chi connectivity index (χ0v) is 17.5. The first kappa shape index (κ1) is 20.7. The summed E-state index contributed by atoms with van der Waals surface area (Å²) in [6, 6.07) is 3.77. The van der Waals surface area contributed by atoms with Crippen LogP contribution in [-0.2, 0) is 21.1 Å². The van der Waals surface area contributed by atoms with Crippen molar-refractivity contribution in [2.75, 3.05) is 59.0 Å². The van der Waals surface area contributed by atoms with Gasteiger partial charge < -0.3 is 24.0 Å². The molecule has 0 saturated carbocycles. The van der Waals surface area contributed by atoms with Crippen LogP contribution < -0.4 is 19.1 Å². The normalized spacial score (nSPS) is 22.1. The van der Waals surface area contributed by atoms with E-state index in [2.05, 4.69) is 0 Å². The predicted octanol–water partition coefficient (Wildman–Crippen LogP) is -0.831. The average molecular weight is 414 g/mol. The maximum Gasteiger partial charge on any atom is 0.227 e. The molecule has 156 valence electrons. The molecule has 9 heteroatoms. The Morgan fingerprint density at radius 2 is 1.79 bits per heavy atom. The number of rotatable bonds is 6. The van der Waals surface area contributed by atoms with Crippen molar-refractivity contribution in [1.29, 1.82) is 0 Å². The molecule has 2 aliphatic heterocycles. The second kappa shape index (κ2) is 8.57. The second-order valence-corrected chi connectivity index (χ2v) is 9.54. The van der Waals surface area contributed by atoms with Crippen molar-refractivity contribution in [3.63, 3.8) is 0 Å². The van der Waals surface area contributed by atoms with Gasteiger partial charge in [-0.25, -0.2) is 8.42 Å². The molecule has 0 aromatic heterocycles. The lowest BCUT2D eigenvalue weighted by Crippen LogP contribution is -3.18. The van der Waals surface area contributed by atoms with Crippen molar-refractivity contribution in [2.45, 2.75) is 18.9 Å². The molecule has 0 radical (unpaired) electrons. The zero-order chi connectivity index (χ0) is 20.3. The van der Waals surface area contributed by atoms with Crippen LogP contribution in [0.2, 0.25) is 0 Å². The zero-order valence-electron chi connectivity index (χ0n) is 16.7. The van der Waals surface area contributed by atoms with Crippen LogP contribution in [0.3, 0.4) is 0 Å². The molecule has 2 fully saturated rings. The van der Waals surface area contributed by atoms with Gasteiger partial charge in [0.15, 0.2) is 21.3 Å². The van der Waals surface area contributed by atoms with E-state index in [9.17, 15) is 13.2 Å². The third-order valence-corrected chi connectivity index (χ3v) is 7.46. The van der Waals surface area contributed by atoms with Crippen LogP contribution in [0.4, 0.5) is 0 Å². The van der Waals surface area contributed by atoms with Crippen molar-refractivity contribution < 1.29 is 32.3 Å². The molecule has 28 heavy (non-hydrogen) atoms. The Bertz CT molecular complexity index is 818. The Morgan fingerprint density at radius 1 is 1.11 bits per heavy atom. The number of quaternary nitrogens is 1. The second-order valence-electron chi connectivity index (χ2n) is 7.31. The summed E-state index contributed by atoms with van der Waals surface area (Å²) in [5.41, 5.74) is 0.752. The molecule has 2 heterocycles. The third kappa shape index (κ3) is 4.35. The minimum absolute atomic E-state index is 0.0311. The van der Waals surface area contributed by atoms with Gasteiger partial charge >= 0.3 is 0 Å². The fraction of sp³-hybridized carbons (Fsp3) is 0.632. The van der Waals surface area contributed by atoms with E-state index in [-0.39, 0.29) is 24.1 Å². The van der Waals surface area contributed by atoms with Gasteiger partial charge in [0.05, 0.1) is 59.7 Å². The molecule has 1 aromatic rings. The first-order valence-corrected chi connectivity index (χ1v) is 11.3. The number of ether oxygens (including phenoxy) is 3. The van der Waals surface area contributed by atoms with Gasteiger partial charge in [-0.05, 0) is 6.07 Å². The maximum absolute atomic E-state index is 12.8. The molecule has 2 saturated heterocycles. The highest BCUT2D eigenvalue weighted by atomic mass is 32.2. The number of nitrogens with one attached hydrogen (secondary N) is 1. The minimum Gasteiger partial charge on any atom is -0.493 e. The number of carbonyl (C=O) groups excluding carboxylic acids is 1. The highest BCUT2D eigenvalue weighted by Crippen LogP contribution is 2.40. The Balaban J connectivity index is 1.62. The molecule has 1 N–H and O–H groups in total. The molecule has 1 amide bonds. The molecule has 0 aliphatic carbocycles. The van der Waals surface area contributed by atoms with E-state index in [0.29, 0.717) is 36.1 Å². The van der Waals surface area contributed by atoms with E-state index in [0.717, 1.165) is 25.1 Å². The van der Waals surface area contributed by atoms with Crippen LogP contribution >= 0.6 is 0 Å². The van der Waals surface area contributed by atoms with Gasteiger partial charge in [0.1, 0.15) is 11.8 Å². The van der Waals surface area contributed by atoms with Crippen molar-refractivity contribution in [3.8, 4) is 17.2 Å². The summed E-state index contributed by atoms with van der Waals surface area (Å²) in [7, 11) is 1.77. The SMILES string of the molecule is COc1ccc(CC(=O)N2CC[NH+]([C@@H]3CCS(=O)(=O)C3)CC2)c(OC)c1OC. The quantitative estimate of drug-likeness (QED) is 0.655. The van der Waals surface area contributed by atoms with Crippen molar-refractivity contribution in [2.24, 2.45) is 0 Å². The number of carbonyl (C=O) groups is 1. The van der Waals surface area contributed by atoms with Crippen LogP contribution in [0, 0.1) is 0 Å². The first-order chi connectivity index (χ1) is 13.4. The molecule has 1 aromatic carbocycles. The highest BCUT2D eigenvalue weighted by molar-refractivity contribution is 7.91. The lowest BCUT2D eigenvalue weighted by molar-refractivity contribution is -0.925. The standard InChI is InChI=1S/C19H28N2O6S/c1-25-16-5-4-14(18(26-2)19(16)27-3)12-17(22)21-9-7-20(8-10-21)15-6-11-28(23,24)13-15/h4-5,15H,6-13H2,1-3H3/p+1/t15-/m1/s1. The topological polar surface area (TPSA) is 86.6 Å². The fourth-order valence-electron chi connectivity index (χ4n) is 4.15. The number of nitrogens with zero attached hydrogens (tertiary/aromatic N) is 1. The van der Waals surface area contributed by atoms with E-state index < -0.39 is 9.84 Å². The van der Waals surface area contributed by atoms with Gasteiger partial charge in [-0.1, -0.05) is 6.07 Å². The van der Waals surface area contributed by atoms with Gasteiger partial charge in [-0.15, -0.1) is 0 Å². The van der Waals surface area contributed by atoms with Crippen molar-refractivity contribution in [3.05, 3.63) is 17.7 Å². The van der Waals surface area contributed by atoms with E-state index >= 15 is 0 Å². The van der Waals surface area contributed by atoms with Gasteiger partial charge in [-0.3, -0.25) is 4.79 Å². The third-order valence-electron chi connectivity index (χ3n) is 5.70. The minimum atomic E-state index is -2.87. The first-order valence-electron chi connectivity index (χ1n) is 9.49. The van der Waals surface area contributed by atoms with Gasteiger partial charge in [0.2, 0.25) is 11.7 Å². The van der Waals surface area contributed by atoms with E-state index in [1.807, 2.05) is 11.0 Å². The summed E-state index contributed by atoms with van der Waals surface area (Å²) in [5.74, 6) is 2.15. The smallest absolute Gasteiger partial charge is 0.227 e. The number of hydrogen-bond donors (Lipinski definition) is 1. The van der Waals surface area contributed by atoms with Crippen LogP contribution in [0.5, 0.6) is 17.2 Å². The Labute approximate surface area is 166 Å². The molecule has 1 atom stereocenters. The number of sulfone groups is 1. The Kier molecular flexibility index (Phi) is 6.34. The van der Waals surface area contributed by atoms with E-state index in [4.69, 9.17) is 14.2 Å². The molecule has 0 unspecified atom stereocenters. The largest absolute Gasteiger partial charge is 0.493 e. The molecule has 3 rings (SSSR count). The molecule has 8 nitrogen and oxygen atoms in total. The number of methoxy groups -OCH3 is 3. The summed E-state index contributed by atoms with van der Waals surface area (Å²) >= 11 is 0.